The largest absolute Gasteiger partial charge is 0.395 e. The van der Waals surface area contributed by atoms with Crippen molar-refractivity contribution in [3.63, 3.8) is 0 Å². The predicted octanol–water partition coefficient (Wildman–Crippen LogP) is 1.47. The third-order valence-electron chi connectivity index (χ3n) is 5.98. The van der Waals surface area contributed by atoms with E-state index in [0.29, 0.717) is 18.5 Å². The molecule has 2 fully saturated rings. The van der Waals surface area contributed by atoms with Crippen LogP contribution in [0.4, 0.5) is 0 Å². The van der Waals surface area contributed by atoms with Crippen LogP contribution in [0.5, 0.6) is 0 Å². The summed E-state index contributed by atoms with van der Waals surface area (Å²) < 4.78 is 0. The molecule has 2 aliphatic heterocycles. The van der Waals surface area contributed by atoms with E-state index in [2.05, 4.69) is 40.1 Å². The molecule has 1 N–H and O–H groups in total. The van der Waals surface area contributed by atoms with Crippen molar-refractivity contribution in [2.75, 3.05) is 59.5 Å². The number of aliphatic hydroxyl groups is 1. The zero-order valence-electron chi connectivity index (χ0n) is 16.1. The third kappa shape index (κ3) is 5.06. The molecule has 0 aromatic heterocycles. The van der Waals surface area contributed by atoms with E-state index in [9.17, 15) is 4.79 Å². The molecule has 26 heavy (non-hydrogen) atoms. The molecule has 2 aliphatic rings. The Hall–Kier alpha value is -1.43. The second-order valence-electron chi connectivity index (χ2n) is 8.14. The molecule has 1 aromatic rings. The Morgan fingerprint density at radius 3 is 2.77 bits per heavy atom. The van der Waals surface area contributed by atoms with Crippen molar-refractivity contribution in [3.8, 4) is 0 Å². The van der Waals surface area contributed by atoms with E-state index < -0.39 is 0 Å². The summed E-state index contributed by atoms with van der Waals surface area (Å²) in [7, 11) is 1.89. The van der Waals surface area contributed by atoms with Crippen LogP contribution in [0.25, 0.3) is 0 Å². The Balaban J connectivity index is 1.50. The van der Waals surface area contributed by atoms with Crippen molar-refractivity contribution in [1.82, 2.24) is 14.7 Å². The highest BCUT2D eigenvalue weighted by molar-refractivity contribution is 5.78. The Morgan fingerprint density at radius 2 is 2.00 bits per heavy atom. The molecular weight excluding hydrogens is 326 g/mol. The Morgan fingerprint density at radius 1 is 1.19 bits per heavy atom. The smallest absolute Gasteiger partial charge is 0.236 e. The summed E-state index contributed by atoms with van der Waals surface area (Å²) in [5.41, 5.74) is 1.70. The molecule has 2 heterocycles. The van der Waals surface area contributed by atoms with Crippen LogP contribution >= 0.6 is 0 Å². The number of carbonyl (C=O) groups is 1. The number of piperidine rings is 1. The molecule has 0 bridgehead atoms. The first-order chi connectivity index (χ1) is 12.6. The monoisotopic (exact) mass is 359 g/mol. The van der Waals surface area contributed by atoms with Gasteiger partial charge in [0.25, 0.3) is 0 Å². The molecule has 1 atom stereocenters. The van der Waals surface area contributed by atoms with E-state index in [4.69, 9.17) is 5.11 Å². The van der Waals surface area contributed by atoms with Crippen LogP contribution in [0.15, 0.2) is 30.3 Å². The number of carbonyl (C=O) groups excluding carboxylic acids is 1. The first kappa shape index (κ1) is 19.3. The first-order valence-electron chi connectivity index (χ1n) is 9.94. The molecule has 1 spiro atoms. The highest BCUT2D eigenvalue weighted by Crippen LogP contribution is 2.39. The normalized spacial score (nSPS) is 23.9. The van der Waals surface area contributed by atoms with Gasteiger partial charge < -0.3 is 14.9 Å². The van der Waals surface area contributed by atoms with E-state index in [1.165, 1.54) is 24.9 Å². The summed E-state index contributed by atoms with van der Waals surface area (Å²) in [6.45, 7) is 6.27. The zero-order valence-corrected chi connectivity index (χ0v) is 16.1. The minimum Gasteiger partial charge on any atom is -0.395 e. The molecule has 0 radical (unpaired) electrons. The van der Waals surface area contributed by atoms with E-state index >= 15 is 0 Å². The fourth-order valence-corrected chi connectivity index (χ4v) is 4.49. The Kier molecular flexibility index (Phi) is 6.68. The molecule has 0 unspecified atom stereocenters. The number of likely N-dealkylation sites (N-methyl/N-ethyl adjacent to an activating group) is 1. The van der Waals surface area contributed by atoms with Gasteiger partial charge in [0, 0.05) is 38.1 Å². The number of likely N-dealkylation sites (tertiary alicyclic amines) is 2. The molecule has 0 aliphatic carbocycles. The van der Waals surface area contributed by atoms with Crippen LogP contribution in [0, 0.1) is 5.41 Å². The van der Waals surface area contributed by atoms with Gasteiger partial charge in [-0.25, -0.2) is 0 Å². The standard InChI is InChI=1S/C21H33N3O2/c1-22(14-15-25)16-20(26)24-13-10-21(18-24)9-5-11-23(17-21)12-8-19-6-3-2-4-7-19/h2-4,6-7,25H,5,8-18H2,1H3/t21-/m1/s1. The minimum atomic E-state index is 0.101. The van der Waals surface area contributed by atoms with Gasteiger partial charge >= 0.3 is 0 Å². The lowest BCUT2D eigenvalue weighted by Gasteiger charge is -2.40. The quantitative estimate of drug-likeness (QED) is 0.801. The molecule has 5 heteroatoms. The fraction of sp³-hybridized carbons (Fsp3) is 0.667. The van der Waals surface area contributed by atoms with Gasteiger partial charge in [-0.2, -0.15) is 0 Å². The van der Waals surface area contributed by atoms with Gasteiger partial charge in [0.1, 0.15) is 0 Å². The number of rotatable bonds is 7. The number of aliphatic hydroxyl groups excluding tert-OH is 1. The van der Waals surface area contributed by atoms with Gasteiger partial charge in [-0.15, -0.1) is 0 Å². The zero-order chi connectivity index (χ0) is 18.4. The minimum absolute atomic E-state index is 0.101. The Labute approximate surface area is 157 Å². The summed E-state index contributed by atoms with van der Waals surface area (Å²) in [6, 6.07) is 10.7. The van der Waals surface area contributed by atoms with E-state index in [1.54, 1.807) is 0 Å². The Bertz CT molecular complexity index is 580. The van der Waals surface area contributed by atoms with Gasteiger partial charge in [-0.05, 0) is 44.8 Å². The van der Waals surface area contributed by atoms with Crippen LogP contribution in [-0.4, -0.2) is 85.2 Å². The third-order valence-corrected chi connectivity index (χ3v) is 5.98. The molecule has 144 valence electrons. The molecule has 2 saturated heterocycles. The van der Waals surface area contributed by atoms with Gasteiger partial charge in [-0.3, -0.25) is 9.69 Å². The summed E-state index contributed by atoms with van der Waals surface area (Å²) in [5.74, 6) is 0.208. The van der Waals surface area contributed by atoms with Crippen molar-refractivity contribution < 1.29 is 9.90 Å². The highest BCUT2D eigenvalue weighted by Gasteiger charge is 2.42. The van der Waals surface area contributed by atoms with Crippen LogP contribution in [0.2, 0.25) is 0 Å². The summed E-state index contributed by atoms with van der Waals surface area (Å²) >= 11 is 0. The maximum Gasteiger partial charge on any atom is 0.236 e. The number of amides is 1. The number of benzene rings is 1. The van der Waals surface area contributed by atoms with Crippen molar-refractivity contribution >= 4 is 5.91 Å². The van der Waals surface area contributed by atoms with Gasteiger partial charge in [0.05, 0.1) is 13.2 Å². The van der Waals surface area contributed by atoms with Crippen LogP contribution in [-0.2, 0) is 11.2 Å². The van der Waals surface area contributed by atoms with Crippen molar-refractivity contribution in [2.45, 2.75) is 25.7 Å². The highest BCUT2D eigenvalue weighted by atomic mass is 16.3. The van der Waals surface area contributed by atoms with Crippen LogP contribution in [0.3, 0.4) is 0 Å². The number of hydrogen-bond acceptors (Lipinski definition) is 4. The van der Waals surface area contributed by atoms with E-state index in [1.807, 2.05) is 11.9 Å². The summed E-state index contributed by atoms with van der Waals surface area (Å²) in [5, 5.41) is 9.00. The molecule has 5 nitrogen and oxygen atoms in total. The van der Waals surface area contributed by atoms with Crippen LogP contribution in [0.1, 0.15) is 24.8 Å². The van der Waals surface area contributed by atoms with Gasteiger partial charge in [-0.1, -0.05) is 30.3 Å². The maximum atomic E-state index is 12.5. The average molecular weight is 360 g/mol. The summed E-state index contributed by atoms with van der Waals surface area (Å²) in [4.78, 5) is 19.1. The number of hydrogen-bond donors (Lipinski definition) is 1. The maximum absolute atomic E-state index is 12.5. The fourth-order valence-electron chi connectivity index (χ4n) is 4.49. The second-order valence-corrected chi connectivity index (χ2v) is 8.14. The van der Waals surface area contributed by atoms with Gasteiger partial charge in [0.2, 0.25) is 5.91 Å². The topological polar surface area (TPSA) is 47.0 Å². The molecular formula is C21H33N3O2. The number of nitrogens with zero attached hydrogens (tertiary/aromatic N) is 3. The predicted molar refractivity (Wildman–Crippen MR) is 104 cm³/mol. The lowest BCUT2D eigenvalue weighted by atomic mass is 9.79. The van der Waals surface area contributed by atoms with Crippen molar-refractivity contribution in [1.29, 1.82) is 0 Å². The van der Waals surface area contributed by atoms with Crippen molar-refractivity contribution in [2.24, 2.45) is 5.41 Å². The molecule has 3 rings (SSSR count). The van der Waals surface area contributed by atoms with E-state index in [0.717, 1.165) is 39.0 Å². The molecule has 1 amide bonds. The van der Waals surface area contributed by atoms with E-state index in [-0.39, 0.29) is 12.5 Å². The molecule has 0 saturated carbocycles. The second kappa shape index (κ2) is 8.98. The summed E-state index contributed by atoms with van der Waals surface area (Å²) in [6.07, 6.45) is 4.71. The first-order valence-corrected chi connectivity index (χ1v) is 9.94. The van der Waals surface area contributed by atoms with Crippen LogP contribution < -0.4 is 0 Å². The average Bonchev–Trinajstić information content (AvgIpc) is 3.04. The lowest BCUT2D eigenvalue weighted by molar-refractivity contribution is -0.131. The SMILES string of the molecule is CN(CCO)CC(=O)N1CC[C@@]2(CCCN(CCc3ccccc3)C2)C1. The van der Waals surface area contributed by atoms with Gasteiger partial charge in [0.15, 0.2) is 0 Å². The lowest BCUT2D eigenvalue weighted by Crippen LogP contribution is -2.46. The molecule has 1 aromatic carbocycles. The van der Waals surface area contributed by atoms with Crippen molar-refractivity contribution in [3.05, 3.63) is 35.9 Å².